The summed E-state index contributed by atoms with van der Waals surface area (Å²) in [5.74, 6) is -0.745. The summed E-state index contributed by atoms with van der Waals surface area (Å²) in [4.78, 5) is 28.9. The van der Waals surface area contributed by atoms with E-state index in [1.165, 1.54) is 4.90 Å². The lowest BCUT2D eigenvalue weighted by molar-refractivity contribution is -0.140. The van der Waals surface area contributed by atoms with Crippen LogP contribution in [0.2, 0.25) is 0 Å². The Balaban J connectivity index is 2.04. The van der Waals surface area contributed by atoms with E-state index < -0.39 is 28.5 Å². The summed E-state index contributed by atoms with van der Waals surface area (Å²) in [6, 6.07) is 23.2. The normalized spacial score (nSPS) is 12.0. The van der Waals surface area contributed by atoms with Crippen LogP contribution < -0.4 is 9.62 Å². The quantitative estimate of drug-likeness (QED) is 0.327. The standard InChI is InChI=1S/C29H34BrN3O4S/c1-4-16-31-29(35)27(19-23-11-6-5-7-12-23)32(20-24-13-9-14-25(30)18-24)28(34)21-33(38(3,36)37)26-15-8-10-22(2)17-26/h5-15,17-18,27H,4,16,19-21H2,1-3H3,(H,31,35)/t27-/m1/s1. The second kappa shape index (κ2) is 13.6. The third-order valence-electron chi connectivity index (χ3n) is 6.03. The van der Waals surface area contributed by atoms with Crippen LogP contribution in [-0.2, 0) is 32.6 Å². The molecule has 0 radical (unpaired) electrons. The van der Waals surface area contributed by atoms with E-state index in [1.807, 2.05) is 74.5 Å². The monoisotopic (exact) mass is 599 g/mol. The van der Waals surface area contributed by atoms with Crippen molar-refractivity contribution < 1.29 is 18.0 Å². The topological polar surface area (TPSA) is 86.8 Å². The summed E-state index contributed by atoms with van der Waals surface area (Å²) in [5.41, 5.74) is 2.99. The number of carbonyl (C=O) groups is 2. The van der Waals surface area contributed by atoms with Gasteiger partial charge in [-0.2, -0.15) is 0 Å². The van der Waals surface area contributed by atoms with Crippen molar-refractivity contribution in [2.75, 3.05) is 23.7 Å². The summed E-state index contributed by atoms with van der Waals surface area (Å²) in [6.07, 6.45) is 2.12. The highest BCUT2D eigenvalue weighted by Gasteiger charge is 2.33. The number of halogens is 1. The molecule has 0 aliphatic carbocycles. The maximum Gasteiger partial charge on any atom is 0.244 e. The zero-order chi connectivity index (χ0) is 27.7. The minimum absolute atomic E-state index is 0.140. The highest BCUT2D eigenvalue weighted by molar-refractivity contribution is 9.10. The van der Waals surface area contributed by atoms with E-state index >= 15 is 0 Å². The van der Waals surface area contributed by atoms with Crippen molar-refractivity contribution in [2.24, 2.45) is 0 Å². The van der Waals surface area contributed by atoms with Gasteiger partial charge in [-0.15, -0.1) is 0 Å². The molecule has 0 aliphatic heterocycles. The van der Waals surface area contributed by atoms with Crippen LogP contribution in [0.25, 0.3) is 0 Å². The molecule has 9 heteroatoms. The number of hydrogen-bond acceptors (Lipinski definition) is 4. The molecule has 0 bridgehead atoms. The fourth-order valence-electron chi connectivity index (χ4n) is 4.15. The number of anilines is 1. The number of hydrogen-bond donors (Lipinski definition) is 1. The first-order chi connectivity index (χ1) is 18.1. The van der Waals surface area contributed by atoms with E-state index in [1.54, 1.807) is 18.2 Å². The molecule has 3 aromatic rings. The Kier molecular flexibility index (Phi) is 10.5. The highest BCUT2D eigenvalue weighted by Crippen LogP contribution is 2.22. The molecule has 0 unspecified atom stereocenters. The smallest absolute Gasteiger partial charge is 0.244 e. The van der Waals surface area contributed by atoms with Crippen molar-refractivity contribution in [1.29, 1.82) is 0 Å². The summed E-state index contributed by atoms with van der Waals surface area (Å²) in [7, 11) is -3.78. The van der Waals surface area contributed by atoms with Gasteiger partial charge in [0.2, 0.25) is 21.8 Å². The van der Waals surface area contributed by atoms with E-state index in [0.29, 0.717) is 18.7 Å². The zero-order valence-corrected chi connectivity index (χ0v) is 24.3. The number of nitrogens with zero attached hydrogens (tertiary/aromatic N) is 2. The number of amides is 2. The summed E-state index contributed by atoms with van der Waals surface area (Å²) in [6.45, 7) is 4.01. The molecule has 0 aliphatic rings. The molecule has 202 valence electrons. The second-order valence-corrected chi connectivity index (χ2v) is 12.1. The lowest BCUT2D eigenvalue weighted by atomic mass is 10.0. The fourth-order valence-corrected chi connectivity index (χ4v) is 5.44. The molecule has 0 saturated heterocycles. The molecule has 3 aromatic carbocycles. The van der Waals surface area contributed by atoms with Crippen LogP contribution in [0.5, 0.6) is 0 Å². The molecule has 1 N–H and O–H groups in total. The molecule has 0 spiro atoms. The molecular weight excluding hydrogens is 566 g/mol. The Morgan fingerprint density at radius 2 is 1.63 bits per heavy atom. The minimum atomic E-state index is -3.78. The lowest BCUT2D eigenvalue weighted by Gasteiger charge is -2.33. The van der Waals surface area contributed by atoms with Crippen molar-refractivity contribution in [1.82, 2.24) is 10.2 Å². The van der Waals surface area contributed by atoms with E-state index in [9.17, 15) is 18.0 Å². The summed E-state index contributed by atoms with van der Waals surface area (Å²) in [5, 5.41) is 2.93. The van der Waals surface area contributed by atoms with Gasteiger partial charge in [0.1, 0.15) is 12.6 Å². The van der Waals surface area contributed by atoms with Crippen molar-refractivity contribution in [3.05, 3.63) is 100 Å². The predicted octanol–water partition coefficient (Wildman–Crippen LogP) is 4.69. The van der Waals surface area contributed by atoms with Crippen LogP contribution in [0.15, 0.2) is 83.3 Å². The number of rotatable bonds is 12. The van der Waals surface area contributed by atoms with Crippen LogP contribution in [0.4, 0.5) is 5.69 Å². The maximum absolute atomic E-state index is 14.0. The number of benzene rings is 3. The molecule has 2 amide bonds. The second-order valence-electron chi connectivity index (χ2n) is 9.26. The fraction of sp³-hybridized carbons (Fsp3) is 0.310. The first-order valence-corrected chi connectivity index (χ1v) is 15.1. The predicted molar refractivity (Wildman–Crippen MR) is 155 cm³/mol. The Morgan fingerprint density at radius 3 is 2.26 bits per heavy atom. The average molecular weight is 601 g/mol. The number of carbonyl (C=O) groups excluding carboxylic acids is 2. The van der Waals surface area contributed by atoms with Crippen molar-refractivity contribution in [2.45, 2.75) is 39.3 Å². The van der Waals surface area contributed by atoms with Crippen molar-refractivity contribution >= 4 is 43.5 Å². The lowest BCUT2D eigenvalue weighted by Crippen LogP contribution is -2.53. The van der Waals surface area contributed by atoms with Gasteiger partial charge in [-0.05, 0) is 54.3 Å². The first-order valence-electron chi connectivity index (χ1n) is 12.5. The third kappa shape index (κ3) is 8.43. The summed E-state index contributed by atoms with van der Waals surface area (Å²) >= 11 is 3.48. The molecule has 0 aromatic heterocycles. The van der Waals surface area contributed by atoms with Gasteiger partial charge in [-0.3, -0.25) is 13.9 Å². The van der Waals surface area contributed by atoms with Gasteiger partial charge in [0.25, 0.3) is 0 Å². The molecule has 3 rings (SSSR count). The molecule has 0 saturated carbocycles. The Morgan fingerprint density at radius 1 is 0.947 bits per heavy atom. The highest BCUT2D eigenvalue weighted by atomic mass is 79.9. The molecular formula is C29H34BrN3O4S. The van der Waals surface area contributed by atoms with Gasteiger partial charge >= 0.3 is 0 Å². The van der Waals surface area contributed by atoms with Crippen LogP contribution in [0, 0.1) is 6.92 Å². The van der Waals surface area contributed by atoms with Gasteiger partial charge in [0, 0.05) is 24.0 Å². The van der Waals surface area contributed by atoms with Crippen molar-refractivity contribution in [3.8, 4) is 0 Å². The van der Waals surface area contributed by atoms with Gasteiger partial charge < -0.3 is 10.2 Å². The number of nitrogens with one attached hydrogen (secondary N) is 1. The van der Waals surface area contributed by atoms with Crippen LogP contribution in [-0.4, -0.2) is 50.5 Å². The molecule has 38 heavy (non-hydrogen) atoms. The number of sulfonamides is 1. The minimum Gasteiger partial charge on any atom is -0.354 e. The Labute approximate surface area is 234 Å². The first kappa shape index (κ1) is 29.4. The zero-order valence-electron chi connectivity index (χ0n) is 21.9. The maximum atomic E-state index is 14.0. The average Bonchev–Trinajstić information content (AvgIpc) is 2.87. The SMILES string of the molecule is CCCNC(=O)[C@@H](Cc1ccccc1)N(Cc1cccc(Br)c1)C(=O)CN(c1cccc(C)c1)S(C)(=O)=O. The van der Waals surface area contributed by atoms with E-state index in [-0.39, 0.29) is 12.5 Å². The molecule has 0 fully saturated rings. The third-order valence-corrected chi connectivity index (χ3v) is 7.66. The van der Waals surface area contributed by atoms with E-state index in [4.69, 9.17) is 0 Å². The molecule has 0 heterocycles. The van der Waals surface area contributed by atoms with Gasteiger partial charge in [0.05, 0.1) is 11.9 Å². The molecule has 7 nitrogen and oxygen atoms in total. The van der Waals surface area contributed by atoms with Crippen LogP contribution in [0.3, 0.4) is 0 Å². The van der Waals surface area contributed by atoms with Crippen molar-refractivity contribution in [3.63, 3.8) is 0 Å². The number of aryl methyl sites for hydroxylation is 1. The Bertz CT molecular complexity index is 1350. The largest absolute Gasteiger partial charge is 0.354 e. The van der Waals surface area contributed by atoms with Crippen LogP contribution >= 0.6 is 15.9 Å². The van der Waals surface area contributed by atoms with Gasteiger partial charge in [-0.1, -0.05) is 77.5 Å². The van der Waals surface area contributed by atoms with Crippen LogP contribution in [0.1, 0.15) is 30.0 Å². The Hall–Kier alpha value is -3.17. The molecule has 1 atom stereocenters. The van der Waals surface area contributed by atoms with Gasteiger partial charge in [0.15, 0.2) is 0 Å². The van der Waals surface area contributed by atoms with E-state index in [2.05, 4.69) is 21.2 Å². The summed E-state index contributed by atoms with van der Waals surface area (Å²) < 4.78 is 27.6. The van der Waals surface area contributed by atoms with Gasteiger partial charge in [-0.25, -0.2) is 8.42 Å². The van der Waals surface area contributed by atoms with E-state index in [0.717, 1.165) is 38.1 Å².